The summed E-state index contributed by atoms with van der Waals surface area (Å²) in [4.78, 5) is 26.9. The first-order chi connectivity index (χ1) is 5.52. The Morgan fingerprint density at radius 3 is 2.50 bits per heavy atom. The van der Waals surface area contributed by atoms with E-state index >= 15 is 0 Å². The molecule has 0 aliphatic heterocycles. The SMILES string of the molecule is Cc1nc(C)c(=O)[nH]c1C(=O)F. The van der Waals surface area contributed by atoms with Gasteiger partial charge in [0.15, 0.2) is 0 Å². The second-order valence-electron chi connectivity index (χ2n) is 2.39. The van der Waals surface area contributed by atoms with Crippen molar-refractivity contribution in [1.29, 1.82) is 0 Å². The van der Waals surface area contributed by atoms with Crippen LogP contribution in [-0.2, 0) is 0 Å². The van der Waals surface area contributed by atoms with Gasteiger partial charge in [-0.05, 0) is 13.8 Å². The summed E-state index contributed by atoms with van der Waals surface area (Å²) in [6.07, 6.45) is 0. The smallest absolute Gasteiger partial charge is 0.314 e. The molecule has 1 aromatic heterocycles. The van der Waals surface area contributed by atoms with E-state index in [1.165, 1.54) is 13.8 Å². The molecule has 1 rings (SSSR count). The summed E-state index contributed by atoms with van der Waals surface area (Å²) in [5, 5.41) is 0. The number of nitrogens with one attached hydrogen (secondary N) is 1. The normalized spacial score (nSPS) is 9.92. The maximum Gasteiger partial charge on any atom is 0.350 e. The average molecular weight is 170 g/mol. The molecule has 0 radical (unpaired) electrons. The summed E-state index contributed by atoms with van der Waals surface area (Å²) in [6, 6.07) is -1.67. The molecular weight excluding hydrogens is 163 g/mol. The fraction of sp³-hybridized carbons (Fsp3) is 0.286. The van der Waals surface area contributed by atoms with Crippen molar-refractivity contribution in [3.8, 4) is 0 Å². The number of nitrogens with zero attached hydrogens (tertiary/aromatic N) is 1. The minimum Gasteiger partial charge on any atom is -0.314 e. The van der Waals surface area contributed by atoms with Gasteiger partial charge in [-0.25, -0.2) is 0 Å². The van der Waals surface area contributed by atoms with Gasteiger partial charge < -0.3 is 4.98 Å². The predicted molar refractivity (Wildman–Crippen MR) is 39.8 cm³/mol. The second kappa shape index (κ2) is 2.84. The Labute approximate surface area is 67.5 Å². The molecule has 0 saturated carbocycles. The number of hydrogen-bond donors (Lipinski definition) is 1. The molecule has 12 heavy (non-hydrogen) atoms. The van der Waals surface area contributed by atoms with E-state index in [1.54, 1.807) is 0 Å². The van der Waals surface area contributed by atoms with E-state index in [0.717, 1.165) is 0 Å². The van der Waals surface area contributed by atoms with Crippen LogP contribution in [0.25, 0.3) is 0 Å². The van der Waals surface area contributed by atoms with Crippen LogP contribution in [0, 0.1) is 13.8 Å². The van der Waals surface area contributed by atoms with E-state index in [9.17, 15) is 14.0 Å². The number of halogens is 1. The molecule has 0 atom stereocenters. The van der Waals surface area contributed by atoms with Crippen LogP contribution in [0.1, 0.15) is 21.9 Å². The summed E-state index contributed by atoms with van der Waals surface area (Å²) >= 11 is 0. The van der Waals surface area contributed by atoms with Gasteiger partial charge in [-0.1, -0.05) is 0 Å². The maximum absolute atomic E-state index is 12.2. The van der Waals surface area contributed by atoms with Gasteiger partial charge in [-0.3, -0.25) is 14.6 Å². The highest BCUT2D eigenvalue weighted by Gasteiger charge is 2.10. The zero-order valence-corrected chi connectivity index (χ0v) is 6.64. The third kappa shape index (κ3) is 1.39. The van der Waals surface area contributed by atoms with Crippen LogP contribution in [-0.4, -0.2) is 16.0 Å². The summed E-state index contributed by atoms with van der Waals surface area (Å²) in [5.41, 5.74) is -0.496. The van der Waals surface area contributed by atoms with Gasteiger partial charge in [-0.2, -0.15) is 4.39 Å². The van der Waals surface area contributed by atoms with E-state index in [0.29, 0.717) is 0 Å². The lowest BCUT2D eigenvalue weighted by atomic mass is 10.3. The van der Waals surface area contributed by atoms with Crippen molar-refractivity contribution >= 4 is 6.04 Å². The van der Waals surface area contributed by atoms with Crippen molar-refractivity contribution in [3.63, 3.8) is 0 Å². The molecule has 4 nitrogen and oxygen atoms in total. The van der Waals surface area contributed by atoms with Crippen LogP contribution in [0.5, 0.6) is 0 Å². The van der Waals surface area contributed by atoms with E-state index in [1.807, 2.05) is 0 Å². The molecule has 0 aliphatic rings. The molecule has 0 saturated heterocycles. The number of aromatic amines is 1. The van der Waals surface area contributed by atoms with Crippen molar-refractivity contribution in [2.24, 2.45) is 0 Å². The molecule has 1 N–H and O–H groups in total. The largest absolute Gasteiger partial charge is 0.350 e. The number of rotatable bonds is 1. The molecule has 0 unspecified atom stereocenters. The fourth-order valence-electron chi connectivity index (χ4n) is 0.844. The molecule has 5 heteroatoms. The van der Waals surface area contributed by atoms with Gasteiger partial charge in [0.05, 0.1) is 5.69 Å². The maximum atomic E-state index is 12.2. The first-order valence-corrected chi connectivity index (χ1v) is 3.29. The average Bonchev–Trinajstić information content (AvgIpc) is 1.96. The second-order valence-corrected chi connectivity index (χ2v) is 2.39. The zero-order chi connectivity index (χ0) is 9.30. The highest BCUT2D eigenvalue weighted by molar-refractivity contribution is 5.87. The first-order valence-electron chi connectivity index (χ1n) is 3.29. The minimum absolute atomic E-state index is 0.194. The standard InChI is InChI=1S/C7H7FN2O2/c1-3-5(6(8)11)10-7(12)4(2)9-3/h1-2H3,(H,10,12). The van der Waals surface area contributed by atoms with Crippen molar-refractivity contribution in [2.75, 3.05) is 0 Å². The molecule has 0 spiro atoms. The first kappa shape index (κ1) is 8.58. The van der Waals surface area contributed by atoms with E-state index in [-0.39, 0.29) is 17.1 Å². The number of aryl methyl sites for hydroxylation is 2. The van der Waals surface area contributed by atoms with Crippen LogP contribution >= 0.6 is 0 Å². The number of H-pyrrole nitrogens is 1. The van der Waals surface area contributed by atoms with Gasteiger partial charge >= 0.3 is 6.04 Å². The monoisotopic (exact) mass is 170 g/mol. The Bertz CT molecular complexity index is 383. The Morgan fingerprint density at radius 2 is 2.00 bits per heavy atom. The molecule has 0 amide bonds. The van der Waals surface area contributed by atoms with Gasteiger partial charge in [0.1, 0.15) is 11.4 Å². The quantitative estimate of drug-likeness (QED) is 0.624. The van der Waals surface area contributed by atoms with Crippen molar-refractivity contribution < 1.29 is 9.18 Å². The predicted octanol–water partition coefficient (Wildman–Crippen LogP) is 0.496. The fourth-order valence-corrected chi connectivity index (χ4v) is 0.844. The van der Waals surface area contributed by atoms with Crippen LogP contribution in [0.2, 0.25) is 0 Å². The molecule has 1 heterocycles. The van der Waals surface area contributed by atoms with Gasteiger partial charge in [0.25, 0.3) is 5.56 Å². The van der Waals surface area contributed by atoms with Gasteiger partial charge in [0, 0.05) is 0 Å². The van der Waals surface area contributed by atoms with E-state index in [4.69, 9.17) is 0 Å². The topological polar surface area (TPSA) is 62.8 Å². The third-order valence-corrected chi connectivity index (χ3v) is 1.46. The Morgan fingerprint density at radius 1 is 1.42 bits per heavy atom. The highest BCUT2D eigenvalue weighted by atomic mass is 19.1. The lowest BCUT2D eigenvalue weighted by Crippen LogP contribution is -2.17. The van der Waals surface area contributed by atoms with Crippen LogP contribution in [0.3, 0.4) is 0 Å². The van der Waals surface area contributed by atoms with Crippen molar-refractivity contribution in [2.45, 2.75) is 13.8 Å². The Balaban J connectivity index is 3.43. The highest BCUT2D eigenvalue weighted by Crippen LogP contribution is 2.00. The van der Waals surface area contributed by atoms with Gasteiger partial charge in [-0.15, -0.1) is 0 Å². The number of hydrogen-bond acceptors (Lipinski definition) is 3. The molecular formula is C7H7FN2O2. The molecule has 64 valence electrons. The summed E-state index contributed by atoms with van der Waals surface area (Å²) in [5.74, 6) is 0. The van der Waals surface area contributed by atoms with E-state index < -0.39 is 11.6 Å². The lowest BCUT2D eigenvalue weighted by Gasteiger charge is -1.98. The Kier molecular flexibility index (Phi) is 2.03. The zero-order valence-electron chi connectivity index (χ0n) is 6.64. The minimum atomic E-state index is -1.67. The van der Waals surface area contributed by atoms with Crippen molar-refractivity contribution in [1.82, 2.24) is 9.97 Å². The Hall–Kier alpha value is -1.52. The van der Waals surface area contributed by atoms with E-state index in [2.05, 4.69) is 9.97 Å². The molecule has 0 fully saturated rings. The van der Waals surface area contributed by atoms with Gasteiger partial charge in [0.2, 0.25) is 0 Å². The molecule has 0 aromatic carbocycles. The summed E-state index contributed by atoms with van der Waals surface area (Å²) in [6.45, 7) is 2.94. The van der Waals surface area contributed by atoms with Crippen LogP contribution < -0.4 is 5.56 Å². The molecule has 0 bridgehead atoms. The van der Waals surface area contributed by atoms with Crippen LogP contribution in [0.4, 0.5) is 4.39 Å². The van der Waals surface area contributed by atoms with Crippen molar-refractivity contribution in [3.05, 3.63) is 27.4 Å². The number of carbonyl (C=O) groups excluding carboxylic acids is 1. The number of aromatic nitrogens is 2. The molecule has 1 aromatic rings. The molecule has 0 aliphatic carbocycles. The summed E-state index contributed by atoms with van der Waals surface area (Å²) < 4.78 is 12.2. The third-order valence-electron chi connectivity index (χ3n) is 1.46. The lowest BCUT2D eigenvalue weighted by molar-refractivity contribution is 0.0828. The number of carbonyl (C=O) groups is 1. The summed E-state index contributed by atoms with van der Waals surface area (Å²) in [7, 11) is 0. The van der Waals surface area contributed by atoms with Crippen LogP contribution in [0.15, 0.2) is 4.79 Å².